The fourth-order valence-electron chi connectivity index (χ4n) is 3.66. The molecule has 0 fully saturated rings. The van der Waals surface area contributed by atoms with Gasteiger partial charge in [-0.3, -0.25) is 0 Å². The van der Waals surface area contributed by atoms with E-state index in [-0.39, 0.29) is 34.8 Å². The molecule has 0 aliphatic carbocycles. The Bertz CT molecular complexity index is 1370. The van der Waals surface area contributed by atoms with Gasteiger partial charge < -0.3 is 19.7 Å². The fraction of sp³-hybridized carbons (Fsp3) is 0.414. The predicted octanol–water partition coefficient (Wildman–Crippen LogP) is 8.10. The minimum Gasteiger partial charge on any atom is -0.497 e. The Morgan fingerprint density at radius 2 is 1.52 bits per heavy atom. The van der Waals surface area contributed by atoms with Crippen LogP contribution in [-0.2, 0) is 6.18 Å². The Labute approximate surface area is 241 Å². The predicted molar refractivity (Wildman–Crippen MR) is 151 cm³/mol. The Balaban J connectivity index is 2.81. The number of hydrogen-bond donors (Lipinski definition) is 1. The van der Waals surface area contributed by atoms with Crippen molar-refractivity contribution in [1.82, 2.24) is 14.9 Å². The third-order valence-corrected chi connectivity index (χ3v) is 6.01. The zero-order valence-corrected chi connectivity index (χ0v) is 24.9. The van der Waals surface area contributed by atoms with Crippen LogP contribution in [0, 0.1) is 5.41 Å². The summed E-state index contributed by atoms with van der Waals surface area (Å²) in [6.07, 6.45) is -3.36. The van der Waals surface area contributed by atoms with Gasteiger partial charge in [-0.2, -0.15) is 26.3 Å². The van der Waals surface area contributed by atoms with Crippen molar-refractivity contribution in [3.05, 3.63) is 71.0 Å². The maximum absolute atomic E-state index is 13.7. The van der Waals surface area contributed by atoms with E-state index in [1.165, 1.54) is 51.4 Å². The molecular formula is C29H35F6N5O2. The molecule has 0 aliphatic heterocycles. The maximum Gasteiger partial charge on any atom is 0.416 e. The minimum atomic E-state index is -4.63. The van der Waals surface area contributed by atoms with Gasteiger partial charge in [-0.15, -0.1) is 0 Å². The Kier molecular flexibility index (Phi) is 10.8. The second-order valence-corrected chi connectivity index (χ2v) is 10.3. The van der Waals surface area contributed by atoms with E-state index in [0.29, 0.717) is 11.1 Å². The normalized spacial score (nSPS) is 13.8. The van der Waals surface area contributed by atoms with Crippen LogP contribution < -0.4 is 14.8 Å². The highest BCUT2D eigenvalue weighted by Crippen LogP contribution is 2.40. The first-order chi connectivity index (χ1) is 19.3. The number of anilines is 1. The smallest absolute Gasteiger partial charge is 0.416 e. The molecule has 0 amide bonds. The van der Waals surface area contributed by atoms with E-state index < -0.39 is 23.3 Å². The molecule has 1 N–H and O–H groups in total. The number of hydrogen-bond acceptors (Lipinski definition) is 6. The van der Waals surface area contributed by atoms with Gasteiger partial charge in [-0.05, 0) is 53.7 Å². The topological polar surface area (TPSA) is 71.9 Å². The second kappa shape index (κ2) is 13.3. The monoisotopic (exact) mass is 599 g/mol. The van der Waals surface area contributed by atoms with Crippen molar-refractivity contribution in [3.8, 4) is 11.8 Å². The molecule has 1 aromatic heterocycles. The van der Waals surface area contributed by atoms with Crippen LogP contribution in [0.1, 0.15) is 52.7 Å². The number of aromatic nitrogens is 2. The van der Waals surface area contributed by atoms with E-state index in [2.05, 4.69) is 20.3 Å². The highest BCUT2D eigenvalue weighted by molar-refractivity contribution is 5.95. The van der Waals surface area contributed by atoms with Gasteiger partial charge in [0, 0.05) is 48.0 Å². The van der Waals surface area contributed by atoms with Crippen LogP contribution in [0.2, 0.25) is 0 Å². The van der Waals surface area contributed by atoms with Crippen molar-refractivity contribution in [2.45, 2.75) is 53.9 Å². The van der Waals surface area contributed by atoms with E-state index in [0.717, 1.165) is 37.6 Å². The summed E-state index contributed by atoms with van der Waals surface area (Å²) in [5, 5.41) is 2.84. The van der Waals surface area contributed by atoms with Gasteiger partial charge in [0.15, 0.2) is 0 Å². The molecule has 1 aromatic carbocycles. The lowest BCUT2D eigenvalue weighted by atomic mass is 9.91. The Morgan fingerprint density at radius 3 is 2.00 bits per heavy atom. The summed E-state index contributed by atoms with van der Waals surface area (Å²) >= 11 is 0. The van der Waals surface area contributed by atoms with E-state index in [4.69, 9.17) is 9.47 Å². The number of nitrogens with one attached hydrogen (secondary N) is 1. The molecule has 0 bridgehead atoms. The molecule has 0 radical (unpaired) electrons. The summed E-state index contributed by atoms with van der Waals surface area (Å²) in [4.78, 5) is 14.4. The zero-order chi connectivity index (χ0) is 32.0. The van der Waals surface area contributed by atoms with E-state index >= 15 is 0 Å². The summed E-state index contributed by atoms with van der Waals surface area (Å²) in [6.45, 7) is 8.78. The highest BCUT2D eigenvalue weighted by Gasteiger charge is 2.46. The van der Waals surface area contributed by atoms with E-state index in [1.807, 2.05) is 13.8 Å². The number of methoxy groups -OCH3 is 2. The molecule has 2 aromatic rings. The van der Waals surface area contributed by atoms with Gasteiger partial charge in [0.1, 0.15) is 17.4 Å². The third kappa shape index (κ3) is 8.98. The van der Waals surface area contributed by atoms with Crippen molar-refractivity contribution in [2.75, 3.05) is 26.6 Å². The quantitative estimate of drug-likeness (QED) is 0.136. The van der Waals surface area contributed by atoms with Gasteiger partial charge in [0.05, 0.1) is 25.2 Å². The molecule has 1 heterocycles. The minimum absolute atomic E-state index is 0.0261. The Hall–Kier alpha value is -4.03. The SMILES string of the molecule is COc1cc(N/C(C)=N/C(=C(\C=C(C)C)c2cnc(OC)nc2)N(C)/C(C)=C\C(C)(C)C(F)(F)F)cc(C(F)(F)F)c1. The third-order valence-electron chi connectivity index (χ3n) is 6.01. The van der Waals surface area contributed by atoms with Crippen molar-refractivity contribution in [3.63, 3.8) is 0 Å². The number of amidine groups is 1. The molecule has 0 atom stereocenters. The van der Waals surface area contributed by atoms with Crippen LogP contribution in [0.3, 0.4) is 0 Å². The molecule has 0 saturated heterocycles. The molecule has 7 nitrogen and oxygen atoms in total. The molecule has 0 aliphatic rings. The van der Waals surface area contributed by atoms with Gasteiger partial charge in [0.25, 0.3) is 0 Å². The number of ether oxygens (including phenoxy) is 2. The number of rotatable bonds is 9. The first-order valence-corrected chi connectivity index (χ1v) is 12.6. The summed E-state index contributed by atoms with van der Waals surface area (Å²) in [5.41, 5.74) is -1.08. The molecule has 0 saturated carbocycles. The summed E-state index contributed by atoms with van der Waals surface area (Å²) in [6, 6.07) is 3.24. The van der Waals surface area contributed by atoms with Crippen LogP contribution in [0.15, 0.2) is 64.8 Å². The Morgan fingerprint density at radius 1 is 0.929 bits per heavy atom. The van der Waals surface area contributed by atoms with Crippen molar-refractivity contribution in [2.24, 2.45) is 10.4 Å². The van der Waals surface area contributed by atoms with Crippen LogP contribution in [0.4, 0.5) is 32.0 Å². The number of nitrogens with zero attached hydrogens (tertiary/aromatic N) is 4. The second-order valence-electron chi connectivity index (χ2n) is 10.3. The lowest BCUT2D eigenvalue weighted by molar-refractivity contribution is -0.194. The van der Waals surface area contributed by atoms with Crippen molar-refractivity contribution in [1.29, 1.82) is 0 Å². The summed E-state index contributed by atoms with van der Waals surface area (Å²) in [5.74, 6) is 0.303. The molecular weight excluding hydrogens is 564 g/mol. The summed E-state index contributed by atoms with van der Waals surface area (Å²) < 4.78 is 91.6. The van der Waals surface area contributed by atoms with Gasteiger partial charge in [-0.1, -0.05) is 17.7 Å². The number of allylic oxidation sites excluding steroid dienone is 5. The molecule has 230 valence electrons. The lowest BCUT2D eigenvalue weighted by Crippen LogP contribution is -2.31. The average molecular weight is 600 g/mol. The van der Waals surface area contributed by atoms with E-state index in [1.54, 1.807) is 13.1 Å². The average Bonchev–Trinajstić information content (AvgIpc) is 2.88. The number of benzene rings is 1. The lowest BCUT2D eigenvalue weighted by Gasteiger charge is -2.29. The van der Waals surface area contributed by atoms with Crippen LogP contribution >= 0.6 is 0 Å². The fourth-order valence-corrected chi connectivity index (χ4v) is 3.66. The first kappa shape index (κ1) is 34.2. The van der Waals surface area contributed by atoms with Crippen LogP contribution in [0.5, 0.6) is 11.8 Å². The highest BCUT2D eigenvalue weighted by atomic mass is 19.4. The van der Waals surface area contributed by atoms with Gasteiger partial charge in [-0.25, -0.2) is 15.0 Å². The standard InChI is InChI=1S/C29H35F6N5O2/c1-17(2)10-24(20-15-36-26(42-9)37-16-20)25(40(7)18(3)14-27(5,6)29(33,34)35)39-19(4)38-22-11-21(28(30,31)32)12-23(13-22)41-8/h10-16H,1-9H3,(H,38,39)/b18-14-,25-24-. The molecule has 13 heteroatoms. The van der Waals surface area contributed by atoms with Gasteiger partial charge in [0.2, 0.25) is 0 Å². The number of alkyl halides is 6. The zero-order valence-electron chi connectivity index (χ0n) is 24.9. The van der Waals surface area contributed by atoms with Crippen molar-refractivity contribution >= 4 is 17.1 Å². The maximum atomic E-state index is 13.7. The van der Waals surface area contributed by atoms with Crippen molar-refractivity contribution < 1.29 is 35.8 Å². The van der Waals surface area contributed by atoms with Gasteiger partial charge >= 0.3 is 18.4 Å². The van der Waals surface area contributed by atoms with Crippen LogP contribution in [-0.4, -0.2) is 48.1 Å². The van der Waals surface area contributed by atoms with E-state index in [9.17, 15) is 26.3 Å². The van der Waals surface area contributed by atoms with Crippen LogP contribution in [0.25, 0.3) is 5.57 Å². The summed E-state index contributed by atoms with van der Waals surface area (Å²) in [7, 11) is 4.19. The molecule has 2 rings (SSSR count). The number of halogens is 6. The molecule has 0 spiro atoms. The molecule has 42 heavy (non-hydrogen) atoms. The largest absolute Gasteiger partial charge is 0.497 e. The molecule has 0 unspecified atom stereocenters. The first-order valence-electron chi connectivity index (χ1n) is 12.6. The number of aliphatic imine (C=N–C) groups is 1.